The van der Waals surface area contributed by atoms with Crippen molar-refractivity contribution in [2.75, 3.05) is 11.9 Å². The molecular formula is C11H16BrN3OS. The van der Waals surface area contributed by atoms with Crippen molar-refractivity contribution in [1.29, 1.82) is 0 Å². The SMILES string of the molecule is CCCc1nnsc1C(=O)NCC1(CBr)CC1. The highest BCUT2D eigenvalue weighted by Gasteiger charge is 2.41. The molecule has 0 radical (unpaired) electrons. The van der Waals surface area contributed by atoms with Crippen LogP contribution in [0.1, 0.15) is 41.6 Å². The lowest BCUT2D eigenvalue weighted by Gasteiger charge is -2.11. The molecule has 17 heavy (non-hydrogen) atoms. The normalized spacial score (nSPS) is 16.8. The smallest absolute Gasteiger partial charge is 0.264 e. The number of amides is 1. The summed E-state index contributed by atoms with van der Waals surface area (Å²) in [5.74, 6) is -0.0179. The van der Waals surface area contributed by atoms with Crippen molar-refractivity contribution in [3.8, 4) is 0 Å². The molecule has 0 atom stereocenters. The number of hydrogen-bond donors (Lipinski definition) is 1. The van der Waals surface area contributed by atoms with Crippen LogP contribution in [0.15, 0.2) is 0 Å². The Balaban J connectivity index is 1.92. The second-order valence-corrected chi connectivity index (χ2v) is 5.93. The van der Waals surface area contributed by atoms with E-state index in [1.807, 2.05) is 0 Å². The molecule has 0 saturated heterocycles. The number of halogens is 1. The Morgan fingerprint density at radius 3 is 2.94 bits per heavy atom. The Bertz CT molecular complexity index is 403. The van der Waals surface area contributed by atoms with E-state index in [-0.39, 0.29) is 5.91 Å². The number of carbonyl (C=O) groups excluding carboxylic acids is 1. The van der Waals surface area contributed by atoms with Gasteiger partial charge in [0.1, 0.15) is 4.88 Å². The number of nitrogens with zero attached hydrogens (tertiary/aromatic N) is 2. The fourth-order valence-corrected chi connectivity index (χ4v) is 3.05. The molecule has 0 unspecified atom stereocenters. The van der Waals surface area contributed by atoms with Gasteiger partial charge in [0, 0.05) is 11.9 Å². The highest BCUT2D eigenvalue weighted by atomic mass is 79.9. The molecule has 0 bridgehead atoms. The average molecular weight is 318 g/mol. The van der Waals surface area contributed by atoms with Gasteiger partial charge in [-0.25, -0.2) is 0 Å². The summed E-state index contributed by atoms with van der Waals surface area (Å²) in [5.41, 5.74) is 1.14. The van der Waals surface area contributed by atoms with Crippen molar-refractivity contribution in [1.82, 2.24) is 14.9 Å². The van der Waals surface area contributed by atoms with Crippen LogP contribution < -0.4 is 5.32 Å². The molecule has 1 fully saturated rings. The first-order chi connectivity index (χ1) is 8.21. The summed E-state index contributed by atoms with van der Waals surface area (Å²) in [6.45, 7) is 2.83. The van der Waals surface area contributed by atoms with Gasteiger partial charge >= 0.3 is 0 Å². The minimum atomic E-state index is -0.0179. The van der Waals surface area contributed by atoms with Gasteiger partial charge in [0.05, 0.1) is 5.69 Å². The molecule has 1 heterocycles. The van der Waals surface area contributed by atoms with Gasteiger partial charge in [0.2, 0.25) is 0 Å². The van der Waals surface area contributed by atoms with Crippen LogP contribution in [0.25, 0.3) is 0 Å². The van der Waals surface area contributed by atoms with Crippen molar-refractivity contribution >= 4 is 33.4 Å². The number of nitrogens with one attached hydrogen (secondary N) is 1. The second-order valence-electron chi connectivity index (χ2n) is 4.62. The Morgan fingerprint density at radius 2 is 2.35 bits per heavy atom. The first-order valence-electron chi connectivity index (χ1n) is 5.86. The first kappa shape index (κ1) is 13.0. The van der Waals surface area contributed by atoms with E-state index in [2.05, 4.69) is 37.8 Å². The van der Waals surface area contributed by atoms with Gasteiger partial charge in [0.25, 0.3) is 5.91 Å². The number of carbonyl (C=O) groups is 1. The standard InChI is InChI=1S/C11H16BrN3OS/c1-2-3-8-9(17-15-14-8)10(16)13-7-11(6-12)4-5-11/h2-7H2,1H3,(H,13,16). The van der Waals surface area contributed by atoms with E-state index in [0.29, 0.717) is 10.3 Å². The van der Waals surface area contributed by atoms with Crippen LogP contribution in [-0.2, 0) is 6.42 Å². The zero-order chi connectivity index (χ0) is 12.3. The minimum Gasteiger partial charge on any atom is -0.351 e. The average Bonchev–Trinajstić information content (AvgIpc) is 2.98. The van der Waals surface area contributed by atoms with E-state index in [4.69, 9.17) is 0 Å². The quantitative estimate of drug-likeness (QED) is 0.820. The van der Waals surface area contributed by atoms with Crippen LogP contribution in [0.4, 0.5) is 0 Å². The number of rotatable bonds is 6. The molecule has 1 aromatic rings. The van der Waals surface area contributed by atoms with Crippen molar-refractivity contribution < 1.29 is 4.79 Å². The summed E-state index contributed by atoms with van der Waals surface area (Å²) >= 11 is 4.69. The van der Waals surface area contributed by atoms with E-state index in [1.54, 1.807) is 0 Å². The molecular weight excluding hydrogens is 302 g/mol. The molecule has 1 aromatic heterocycles. The Labute approximate surface area is 113 Å². The molecule has 6 heteroatoms. The molecule has 1 saturated carbocycles. The van der Waals surface area contributed by atoms with E-state index >= 15 is 0 Å². The Kier molecular flexibility index (Phi) is 4.14. The summed E-state index contributed by atoms with van der Waals surface area (Å²) in [5, 5.41) is 7.97. The molecule has 0 spiro atoms. The van der Waals surface area contributed by atoms with Gasteiger partial charge in [-0.2, -0.15) is 0 Å². The molecule has 2 rings (SSSR count). The third-order valence-electron chi connectivity index (χ3n) is 3.11. The fraction of sp³-hybridized carbons (Fsp3) is 0.727. The van der Waals surface area contributed by atoms with Gasteiger partial charge in [0.15, 0.2) is 0 Å². The predicted molar refractivity (Wildman–Crippen MR) is 71.7 cm³/mol. The summed E-state index contributed by atoms with van der Waals surface area (Å²) in [4.78, 5) is 12.7. The zero-order valence-corrected chi connectivity index (χ0v) is 12.2. The second kappa shape index (κ2) is 5.44. The maximum Gasteiger partial charge on any atom is 0.264 e. The number of aryl methyl sites for hydroxylation is 1. The third-order valence-corrected chi connectivity index (χ3v) is 5.07. The Morgan fingerprint density at radius 1 is 1.59 bits per heavy atom. The molecule has 1 N–H and O–H groups in total. The highest BCUT2D eigenvalue weighted by Crippen LogP contribution is 2.46. The number of hydrogen-bond acceptors (Lipinski definition) is 4. The summed E-state index contributed by atoms with van der Waals surface area (Å²) in [7, 11) is 0. The molecule has 1 aliphatic rings. The van der Waals surface area contributed by atoms with Crippen LogP contribution in [0, 0.1) is 5.41 Å². The molecule has 0 aliphatic heterocycles. The fourth-order valence-electron chi connectivity index (χ4n) is 1.66. The van der Waals surface area contributed by atoms with Crippen molar-refractivity contribution in [3.63, 3.8) is 0 Å². The first-order valence-corrected chi connectivity index (χ1v) is 7.75. The van der Waals surface area contributed by atoms with Crippen molar-refractivity contribution in [3.05, 3.63) is 10.6 Å². The van der Waals surface area contributed by atoms with Crippen LogP contribution in [-0.4, -0.2) is 27.4 Å². The highest BCUT2D eigenvalue weighted by molar-refractivity contribution is 9.09. The largest absolute Gasteiger partial charge is 0.351 e. The van der Waals surface area contributed by atoms with Crippen LogP contribution in [0.3, 0.4) is 0 Å². The summed E-state index contributed by atoms with van der Waals surface area (Å²) in [6.07, 6.45) is 4.20. The maximum atomic E-state index is 12.0. The summed E-state index contributed by atoms with van der Waals surface area (Å²) < 4.78 is 3.86. The molecule has 1 aliphatic carbocycles. The van der Waals surface area contributed by atoms with Gasteiger partial charge in [-0.05, 0) is 36.2 Å². The maximum absolute atomic E-state index is 12.0. The van der Waals surface area contributed by atoms with Gasteiger partial charge in [-0.3, -0.25) is 4.79 Å². The van der Waals surface area contributed by atoms with Crippen molar-refractivity contribution in [2.24, 2.45) is 5.41 Å². The lowest BCUT2D eigenvalue weighted by Crippen LogP contribution is -2.31. The molecule has 94 valence electrons. The van der Waals surface area contributed by atoms with Crippen LogP contribution >= 0.6 is 27.5 Å². The topological polar surface area (TPSA) is 54.9 Å². The molecule has 0 aromatic carbocycles. The number of alkyl halides is 1. The molecule has 1 amide bonds. The number of aromatic nitrogens is 2. The van der Waals surface area contributed by atoms with Gasteiger partial charge in [-0.15, -0.1) is 5.10 Å². The zero-order valence-electron chi connectivity index (χ0n) is 9.83. The van der Waals surface area contributed by atoms with Crippen molar-refractivity contribution in [2.45, 2.75) is 32.6 Å². The van der Waals surface area contributed by atoms with E-state index < -0.39 is 0 Å². The van der Waals surface area contributed by atoms with E-state index in [9.17, 15) is 4.79 Å². The predicted octanol–water partition coefficient (Wildman–Crippen LogP) is 2.40. The molecule has 4 nitrogen and oxygen atoms in total. The van der Waals surface area contributed by atoms with E-state index in [0.717, 1.165) is 30.4 Å². The Hall–Kier alpha value is -0.490. The lowest BCUT2D eigenvalue weighted by atomic mass is 10.1. The van der Waals surface area contributed by atoms with Crippen LogP contribution in [0.2, 0.25) is 0 Å². The third kappa shape index (κ3) is 3.04. The van der Waals surface area contributed by atoms with Crippen LogP contribution in [0.5, 0.6) is 0 Å². The monoisotopic (exact) mass is 317 g/mol. The minimum absolute atomic E-state index is 0.0179. The van der Waals surface area contributed by atoms with Gasteiger partial charge in [-0.1, -0.05) is 33.8 Å². The lowest BCUT2D eigenvalue weighted by molar-refractivity contribution is 0.0949. The van der Waals surface area contributed by atoms with E-state index in [1.165, 1.54) is 24.4 Å². The summed E-state index contributed by atoms with van der Waals surface area (Å²) in [6, 6.07) is 0. The van der Waals surface area contributed by atoms with Gasteiger partial charge < -0.3 is 5.32 Å².